The van der Waals surface area contributed by atoms with Crippen LogP contribution in [-0.4, -0.2) is 17.7 Å². The third kappa shape index (κ3) is 4.11. The second-order valence-corrected chi connectivity index (χ2v) is 5.47. The lowest BCUT2D eigenvalue weighted by Gasteiger charge is -2.14. The summed E-state index contributed by atoms with van der Waals surface area (Å²) in [5, 5.41) is 15.3. The molecule has 1 unspecified atom stereocenters. The van der Waals surface area contributed by atoms with Gasteiger partial charge in [0.15, 0.2) is 0 Å². The van der Waals surface area contributed by atoms with Crippen molar-refractivity contribution in [3.05, 3.63) is 58.5 Å². The summed E-state index contributed by atoms with van der Waals surface area (Å²) in [6, 6.07) is 7.25. The molecule has 1 aromatic heterocycles. The summed E-state index contributed by atoms with van der Waals surface area (Å²) in [7, 11) is 0. The average Bonchev–Trinajstić information content (AvgIpc) is 2.97. The van der Waals surface area contributed by atoms with Gasteiger partial charge in [-0.3, -0.25) is 0 Å². The molecule has 1 aromatic carbocycles. The smallest absolute Gasteiger partial charge is 0.315 e. The molecule has 0 aliphatic rings. The molecule has 2 amide bonds. The van der Waals surface area contributed by atoms with E-state index in [-0.39, 0.29) is 12.6 Å². The molecule has 0 aliphatic carbocycles. The fourth-order valence-corrected chi connectivity index (χ4v) is 2.49. The average molecular weight is 302 g/mol. The van der Waals surface area contributed by atoms with E-state index in [1.165, 1.54) is 11.8 Å². The van der Waals surface area contributed by atoms with Crippen LogP contribution in [0, 0.1) is 20.8 Å². The Bertz CT molecular complexity index is 612. The minimum atomic E-state index is -0.844. The number of carbonyl (C=O) groups excluding carboxylic acids is 1. The van der Waals surface area contributed by atoms with Gasteiger partial charge in [-0.2, -0.15) is 0 Å². The quantitative estimate of drug-likeness (QED) is 0.795. The van der Waals surface area contributed by atoms with Crippen molar-refractivity contribution in [3.63, 3.8) is 0 Å². The third-order valence-corrected chi connectivity index (χ3v) is 3.59. The fourth-order valence-electron chi connectivity index (χ4n) is 2.49. The Morgan fingerprint density at radius 3 is 2.50 bits per heavy atom. The van der Waals surface area contributed by atoms with Crippen molar-refractivity contribution in [2.24, 2.45) is 0 Å². The SMILES string of the molecule is Cc1cc(C)c(CNC(=O)NCC(O)c2ccco2)c(C)c1. The van der Waals surface area contributed by atoms with Crippen LogP contribution in [0.1, 0.15) is 34.1 Å². The monoisotopic (exact) mass is 302 g/mol. The molecule has 0 saturated carbocycles. The molecule has 0 bridgehead atoms. The maximum absolute atomic E-state index is 11.8. The molecule has 0 saturated heterocycles. The molecule has 5 nitrogen and oxygen atoms in total. The number of hydrogen-bond donors (Lipinski definition) is 3. The van der Waals surface area contributed by atoms with Crippen LogP contribution in [0.4, 0.5) is 4.79 Å². The first-order valence-corrected chi connectivity index (χ1v) is 7.27. The zero-order chi connectivity index (χ0) is 16.1. The number of amides is 2. The Hall–Kier alpha value is -2.27. The highest BCUT2D eigenvalue weighted by Crippen LogP contribution is 2.16. The van der Waals surface area contributed by atoms with Gasteiger partial charge in [0.05, 0.1) is 12.8 Å². The maximum atomic E-state index is 11.8. The van der Waals surface area contributed by atoms with Crippen LogP contribution in [-0.2, 0) is 6.54 Å². The van der Waals surface area contributed by atoms with Gasteiger partial charge in [-0.05, 0) is 49.6 Å². The number of carbonyl (C=O) groups is 1. The first-order chi connectivity index (χ1) is 10.5. The van der Waals surface area contributed by atoms with Crippen molar-refractivity contribution in [1.29, 1.82) is 0 Å². The maximum Gasteiger partial charge on any atom is 0.315 e. The minimum absolute atomic E-state index is 0.102. The van der Waals surface area contributed by atoms with Crippen molar-refractivity contribution in [2.75, 3.05) is 6.54 Å². The Balaban J connectivity index is 1.83. The molecule has 3 N–H and O–H groups in total. The normalized spacial score (nSPS) is 12.0. The number of aryl methyl sites for hydroxylation is 3. The molecule has 2 rings (SSSR count). The topological polar surface area (TPSA) is 74.5 Å². The molecule has 1 heterocycles. The summed E-state index contributed by atoms with van der Waals surface area (Å²) in [5.74, 6) is 0.436. The van der Waals surface area contributed by atoms with Gasteiger partial charge in [0, 0.05) is 6.54 Å². The predicted molar refractivity (Wildman–Crippen MR) is 84.6 cm³/mol. The summed E-state index contributed by atoms with van der Waals surface area (Å²) in [6.07, 6.45) is 0.644. The van der Waals surface area contributed by atoms with Gasteiger partial charge in [-0.25, -0.2) is 4.79 Å². The molecule has 0 fully saturated rings. The van der Waals surface area contributed by atoms with Gasteiger partial charge in [-0.15, -0.1) is 0 Å². The van der Waals surface area contributed by atoms with Crippen molar-refractivity contribution in [2.45, 2.75) is 33.4 Å². The molecule has 0 aliphatic heterocycles. The number of aliphatic hydroxyl groups excluding tert-OH is 1. The van der Waals surface area contributed by atoms with E-state index < -0.39 is 6.10 Å². The largest absolute Gasteiger partial charge is 0.467 e. The molecule has 2 aromatic rings. The standard InChI is InChI=1S/C17H22N2O3/c1-11-7-12(2)14(13(3)8-11)9-18-17(21)19-10-15(20)16-5-4-6-22-16/h4-8,15,20H,9-10H2,1-3H3,(H2,18,19,21). The fraction of sp³-hybridized carbons (Fsp3) is 0.353. The lowest BCUT2D eigenvalue weighted by molar-refractivity contribution is 0.148. The Morgan fingerprint density at radius 2 is 1.91 bits per heavy atom. The van der Waals surface area contributed by atoms with Crippen LogP contribution in [0.2, 0.25) is 0 Å². The van der Waals surface area contributed by atoms with Gasteiger partial charge < -0.3 is 20.2 Å². The molecule has 118 valence electrons. The van der Waals surface area contributed by atoms with E-state index in [0.717, 1.165) is 16.7 Å². The highest BCUT2D eigenvalue weighted by molar-refractivity contribution is 5.74. The number of nitrogens with one attached hydrogen (secondary N) is 2. The summed E-state index contributed by atoms with van der Waals surface area (Å²) in [4.78, 5) is 11.8. The van der Waals surface area contributed by atoms with Crippen molar-refractivity contribution < 1.29 is 14.3 Å². The van der Waals surface area contributed by atoms with Crippen LogP contribution in [0.15, 0.2) is 34.9 Å². The number of urea groups is 1. The van der Waals surface area contributed by atoms with Crippen molar-refractivity contribution in [3.8, 4) is 0 Å². The summed E-state index contributed by atoms with van der Waals surface area (Å²) < 4.78 is 5.08. The second kappa shape index (κ2) is 7.13. The molecule has 5 heteroatoms. The molecule has 22 heavy (non-hydrogen) atoms. The highest BCUT2D eigenvalue weighted by Gasteiger charge is 2.12. The zero-order valence-electron chi connectivity index (χ0n) is 13.1. The highest BCUT2D eigenvalue weighted by atomic mass is 16.4. The van der Waals surface area contributed by atoms with Gasteiger partial charge in [0.1, 0.15) is 11.9 Å². The van der Waals surface area contributed by atoms with E-state index in [4.69, 9.17) is 4.42 Å². The Labute approximate surface area is 130 Å². The Kier molecular flexibility index (Phi) is 5.22. The van der Waals surface area contributed by atoms with E-state index in [1.54, 1.807) is 12.1 Å². The van der Waals surface area contributed by atoms with Gasteiger partial charge in [0.2, 0.25) is 0 Å². The van der Waals surface area contributed by atoms with Crippen LogP contribution < -0.4 is 10.6 Å². The first-order valence-electron chi connectivity index (χ1n) is 7.27. The van der Waals surface area contributed by atoms with Crippen LogP contribution in [0.25, 0.3) is 0 Å². The number of rotatable bonds is 5. The molecule has 1 atom stereocenters. The van der Waals surface area contributed by atoms with Crippen LogP contribution in [0.5, 0.6) is 0 Å². The molecular formula is C17H22N2O3. The summed E-state index contributed by atoms with van der Waals surface area (Å²) in [6.45, 7) is 6.69. The third-order valence-electron chi connectivity index (χ3n) is 3.59. The summed E-state index contributed by atoms with van der Waals surface area (Å²) >= 11 is 0. The van der Waals surface area contributed by atoms with E-state index >= 15 is 0 Å². The molecule has 0 radical (unpaired) electrons. The lowest BCUT2D eigenvalue weighted by atomic mass is 10.00. The molecule has 0 spiro atoms. The van der Waals surface area contributed by atoms with E-state index in [2.05, 4.69) is 29.7 Å². The first kappa shape index (κ1) is 16.1. The van der Waals surface area contributed by atoms with Gasteiger partial charge >= 0.3 is 6.03 Å². The summed E-state index contributed by atoms with van der Waals surface area (Å²) in [5.41, 5.74) is 4.65. The minimum Gasteiger partial charge on any atom is -0.467 e. The van der Waals surface area contributed by atoms with E-state index in [1.807, 2.05) is 13.8 Å². The van der Waals surface area contributed by atoms with Gasteiger partial charge in [0.25, 0.3) is 0 Å². The lowest BCUT2D eigenvalue weighted by Crippen LogP contribution is -2.37. The number of benzene rings is 1. The van der Waals surface area contributed by atoms with Crippen LogP contribution in [0.3, 0.4) is 0 Å². The van der Waals surface area contributed by atoms with Crippen LogP contribution >= 0.6 is 0 Å². The number of hydrogen-bond acceptors (Lipinski definition) is 3. The molecular weight excluding hydrogens is 280 g/mol. The van der Waals surface area contributed by atoms with E-state index in [0.29, 0.717) is 12.3 Å². The Morgan fingerprint density at radius 1 is 1.23 bits per heavy atom. The van der Waals surface area contributed by atoms with Crippen molar-refractivity contribution >= 4 is 6.03 Å². The number of aliphatic hydroxyl groups is 1. The number of furan rings is 1. The van der Waals surface area contributed by atoms with Crippen molar-refractivity contribution in [1.82, 2.24) is 10.6 Å². The van der Waals surface area contributed by atoms with Gasteiger partial charge in [-0.1, -0.05) is 17.7 Å². The van der Waals surface area contributed by atoms with E-state index in [9.17, 15) is 9.90 Å². The second-order valence-electron chi connectivity index (χ2n) is 5.47. The predicted octanol–water partition coefficient (Wildman–Crippen LogP) is 2.74. The zero-order valence-corrected chi connectivity index (χ0v) is 13.1.